The largest absolute Gasteiger partial charge is 0.352 e. The van der Waals surface area contributed by atoms with E-state index in [1.54, 1.807) is 0 Å². The third-order valence-corrected chi connectivity index (χ3v) is 4.09. The topological polar surface area (TPSA) is 29.1 Å². The Bertz CT molecular complexity index is 210. The van der Waals surface area contributed by atoms with E-state index in [1.807, 2.05) is 13.8 Å². The van der Waals surface area contributed by atoms with Gasteiger partial charge in [-0.2, -0.15) is 12.6 Å². The van der Waals surface area contributed by atoms with Crippen LogP contribution >= 0.6 is 12.6 Å². The smallest absolute Gasteiger partial charge is 0.233 e. The van der Waals surface area contributed by atoms with Crippen molar-refractivity contribution in [1.82, 2.24) is 5.32 Å². The summed E-state index contributed by atoms with van der Waals surface area (Å²) in [5, 5.41) is 2.94. The highest BCUT2D eigenvalue weighted by atomic mass is 32.1. The van der Waals surface area contributed by atoms with E-state index in [4.69, 9.17) is 0 Å². The van der Waals surface area contributed by atoms with Crippen LogP contribution < -0.4 is 5.32 Å². The molecule has 0 heterocycles. The Hall–Kier alpha value is -0.180. The highest BCUT2D eigenvalue weighted by molar-refractivity contribution is 7.81. The summed E-state index contributed by atoms with van der Waals surface area (Å²) in [6, 6.07) is 0.391. The van der Waals surface area contributed by atoms with Crippen LogP contribution in [0.1, 0.15) is 46.5 Å². The Kier molecular flexibility index (Phi) is 4.97. The molecule has 1 aliphatic carbocycles. The van der Waals surface area contributed by atoms with E-state index in [1.165, 1.54) is 12.8 Å². The lowest BCUT2D eigenvalue weighted by molar-refractivity contribution is -0.122. The minimum absolute atomic E-state index is 0.105. The van der Waals surface area contributed by atoms with Crippen molar-refractivity contribution in [2.24, 2.45) is 11.8 Å². The molecule has 15 heavy (non-hydrogen) atoms. The molecule has 2 nitrogen and oxygen atoms in total. The third kappa shape index (κ3) is 4.06. The van der Waals surface area contributed by atoms with Crippen molar-refractivity contribution in [2.45, 2.75) is 57.7 Å². The molecule has 1 rings (SSSR count). The Labute approximate surface area is 98.6 Å². The predicted molar refractivity (Wildman–Crippen MR) is 67.2 cm³/mol. The van der Waals surface area contributed by atoms with Gasteiger partial charge in [-0.15, -0.1) is 0 Å². The summed E-state index contributed by atoms with van der Waals surface area (Å²) in [7, 11) is 0. The van der Waals surface area contributed by atoms with Gasteiger partial charge in [-0.1, -0.05) is 20.8 Å². The molecular formula is C12H23NOS. The quantitative estimate of drug-likeness (QED) is 0.716. The van der Waals surface area contributed by atoms with E-state index in [2.05, 4.69) is 24.9 Å². The fourth-order valence-corrected chi connectivity index (χ4v) is 2.07. The number of hydrogen-bond donors (Lipinski definition) is 2. The summed E-state index contributed by atoms with van der Waals surface area (Å²) in [6.07, 6.45) is 4.74. The number of carbonyl (C=O) groups is 1. The zero-order valence-electron chi connectivity index (χ0n) is 9.99. The first-order chi connectivity index (χ1) is 7.00. The van der Waals surface area contributed by atoms with Crippen LogP contribution in [0.15, 0.2) is 0 Å². The fraction of sp³-hybridized carbons (Fsp3) is 0.917. The molecule has 1 aliphatic rings. The van der Waals surface area contributed by atoms with Crippen LogP contribution in [0.4, 0.5) is 0 Å². The van der Waals surface area contributed by atoms with Crippen molar-refractivity contribution in [3.05, 3.63) is 0 Å². The van der Waals surface area contributed by atoms with E-state index >= 15 is 0 Å². The van der Waals surface area contributed by atoms with Gasteiger partial charge in [-0.3, -0.25) is 4.79 Å². The SMILES string of the molecule is CC1CCC(NC(=O)C(S)C(C)C)CC1. The molecule has 0 bridgehead atoms. The van der Waals surface area contributed by atoms with E-state index in [0.717, 1.165) is 18.8 Å². The van der Waals surface area contributed by atoms with Gasteiger partial charge in [0, 0.05) is 6.04 Å². The molecule has 1 unspecified atom stereocenters. The minimum atomic E-state index is -0.163. The van der Waals surface area contributed by atoms with Gasteiger partial charge in [0.2, 0.25) is 5.91 Å². The van der Waals surface area contributed by atoms with Gasteiger partial charge in [-0.05, 0) is 37.5 Å². The van der Waals surface area contributed by atoms with Crippen LogP contribution in [0.3, 0.4) is 0 Å². The van der Waals surface area contributed by atoms with Crippen LogP contribution in [-0.2, 0) is 4.79 Å². The number of rotatable bonds is 3. The zero-order valence-corrected chi connectivity index (χ0v) is 10.9. The molecule has 0 spiro atoms. The third-order valence-electron chi connectivity index (χ3n) is 3.26. The second-order valence-electron chi connectivity index (χ2n) is 5.15. The average Bonchev–Trinajstić information content (AvgIpc) is 2.20. The summed E-state index contributed by atoms with van der Waals surface area (Å²) in [5.41, 5.74) is 0. The molecule has 3 heteroatoms. The highest BCUT2D eigenvalue weighted by Gasteiger charge is 2.23. The lowest BCUT2D eigenvalue weighted by Gasteiger charge is -2.28. The first-order valence-electron chi connectivity index (χ1n) is 5.99. The second-order valence-corrected chi connectivity index (χ2v) is 5.71. The number of nitrogens with one attached hydrogen (secondary N) is 1. The molecule has 1 atom stereocenters. The van der Waals surface area contributed by atoms with Crippen molar-refractivity contribution in [3.8, 4) is 0 Å². The second kappa shape index (κ2) is 5.78. The number of amides is 1. The van der Waals surface area contributed by atoms with Crippen molar-refractivity contribution in [2.75, 3.05) is 0 Å². The van der Waals surface area contributed by atoms with Gasteiger partial charge in [0.1, 0.15) is 0 Å². The predicted octanol–water partition coefficient (Wildman–Crippen LogP) is 2.64. The summed E-state index contributed by atoms with van der Waals surface area (Å²) in [4.78, 5) is 11.7. The molecule has 0 aromatic carbocycles. The Morgan fingerprint density at radius 3 is 2.27 bits per heavy atom. The molecule has 0 aromatic heterocycles. The van der Waals surface area contributed by atoms with E-state index in [-0.39, 0.29) is 11.2 Å². The molecule has 1 amide bonds. The fourth-order valence-electron chi connectivity index (χ4n) is 1.99. The Balaban J connectivity index is 2.32. The van der Waals surface area contributed by atoms with Crippen LogP contribution in [0, 0.1) is 11.8 Å². The van der Waals surface area contributed by atoms with Gasteiger partial charge < -0.3 is 5.32 Å². The Morgan fingerprint density at radius 2 is 1.80 bits per heavy atom. The minimum Gasteiger partial charge on any atom is -0.352 e. The lowest BCUT2D eigenvalue weighted by atomic mass is 9.87. The summed E-state index contributed by atoms with van der Waals surface area (Å²) < 4.78 is 0. The number of thiol groups is 1. The molecule has 88 valence electrons. The molecule has 1 saturated carbocycles. The van der Waals surface area contributed by atoms with Gasteiger partial charge in [0.25, 0.3) is 0 Å². The van der Waals surface area contributed by atoms with Crippen molar-refractivity contribution < 1.29 is 4.79 Å². The van der Waals surface area contributed by atoms with Crippen LogP contribution in [0.5, 0.6) is 0 Å². The summed E-state index contributed by atoms with van der Waals surface area (Å²) >= 11 is 4.33. The molecule has 0 saturated heterocycles. The summed E-state index contributed by atoms with van der Waals surface area (Å²) in [6.45, 7) is 6.34. The van der Waals surface area contributed by atoms with Crippen molar-refractivity contribution in [3.63, 3.8) is 0 Å². The number of carbonyl (C=O) groups excluding carboxylic acids is 1. The van der Waals surface area contributed by atoms with Crippen molar-refractivity contribution in [1.29, 1.82) is 0 Å². The lowest BCUT2D eigenvalue weighted by Crippen LogP contribution is -2.42. The molecule has 0 radical (unpaired) electrons. The van der Waals surface area contributed by atoms with Gasteiger partial charge >= 0.3 is 0 Å². The Morgan fingerprint density at radius 1 is 1.27 bits per heavy atom. The maximum atomic E-state index is 11.7. The summed E-state index contributed by atoms with van der Waals surface area (Å²) in [5.74, 6) is 1.23. The monoisotopic (exact) mass is 229 g/mol. The molecule has 1 fully saturated rings. The van der Waals surface area contributed by atoms with Gasteiger partial charge in [-0.25, -0.2) is 0 Å². The average molecular weight is 229 g/mol. The molecule has 1 N–H and O–H groups in total. The van der Waals surface area contributed by atoms with E-state index < -0.39 is 0 Å². The molecule has 0 aliphatic heterocycles. The van der Waals surface area contributed by atoms with Crippen LogP contribution in [-0.4, -0.2) is 17.2 Å². The van der Waals surface area contributed by atoms with Crippen molar-refractivity contribution >= 4 is 18.5 Å². The van der Waals surface area contributed by atoms with Crippen LogP contribution in [0.2, 0.25) is 0 Å². The number of hydrogen-bond acceptors (Lipinski definition) is 2. The van der Waals surface area contributed by atoms with Gasteiger partial charge in [0.15, 0.2) is 0 Å². The van der Waals surface area contributed by atoms with Crippen LogP contribution in [0.25, 0.3) is 0 Å². The standard InChI is InChI=1S/C12H23NOS/c1-8(2)11(15)12(14)13-10-6-4-9(3)5-7-10/h8-11,15H,4-7H2,1-3H3,(H,13,14). The molecular weight excluding hydrogens is 206 g/mol. The maximum Gasteiger partial charge on any atom is 0.233 e. The highest BCUT2D eigenvalue weighted by Crippen LogP contribution is 2.23. The first kappa shape index (κ1) is 12.9. The first-order valence-corrected chi connectivity index (χ1v) is 6.50. The van der Waals surface area contributed by atoms with Gasteiger partial charge in [0.05, 0.1) is 5.25 Å². The molecule has 0 aromatic rings. The normalized spacial score (nSPS) is 28.9. The van der Waals surface area contributed by atoms with E-state index in [9.17, 15) is 4.79 Å². The van der Waals surface area contributed by atoms with E-state index in [0.29, 0.717) is 12.0 Å². The maximum absolute atomic E-state index is 11.7. The zero-order chi connectivity index (χ0) is 11.4.